The summed E-state index contributed by atoms with van der Waals surface area (Å²) in [7, 11) is 3.42. The fraction of sp³-hybridized carbons (Fsp3) is 0.273. The molecule has 0 aliphatic heterocycles. The Morgan fingerprint density at radius 2 is 1.79 bits per heavy atom. The van der Waals surface area contributed by atoms with E-state index in [1.54, 1.807) is 44.4 Å². The van der Waals surface area contributed by atoms with Gasteiger partial charge in [0, 0.05) is 39.0 Å². The van der Waals surface area contributed by atoms with Gasteiger partial charge in [-0.05, 0) is 36.2 Å². The summed E-state index contributed by atoms with van der Waals surface area (Å²) in [6.45, 7) is 0.403. The third-order valence-electron chi connectivity index (χ3n) is 4.58. The second-order valence-electron chi connectivity index (χ2n) is 7.06. The number of rotatable bonds is 7. The molecule has 29 heavy (non-hydrogen) atoms. The number of amides is 2. The Morgan fingerprint density at radius 1 is 1.07 bits per heavy atom. The van der Waals surface area contributed by atoms with E-state index in [1.165, 1.54) is 4.90 Å². The first-order valence-corrected chi connectivity index (χ1v) is 9.49. The minimum absolute atomic E-state index is 0.0547. The van der Waals surface area contributed by atoms with Crippen LogP contribution in [0.5, 0.6) is 0 Å². The molecule has 1 aromatic heterocycles. The summed E-state index contributed by atoms with van der Waals surface area (Å²) in [6.07, 6.45) is 1.45. The lowest BCUT2D eigenvalue weighted by atomic mass is 10.1. The van der Waals surface area contributed by atoms with Gasteiger partial charge in [-0.15, -0.1) is 0 Å². The number of nitrogens with one attached hydrogen (secondary N) is 2. The predicted octanol–water partition coefficient (Wildman–Crippen LogP) is 2.26. The van der Waals surface area contributed by atoms with Gasteiger partial charge in [-0.1, -0.05) is 24.3 Å². The van der Waals surface area contributed by atoms with Crippen LogP contribution in [0.2, 0.25) is 0 Å². The van der Waals surface area contributed by atoms with E-state index in [2.05, 4.69) is 15.3 Å². The first kappa shape index (κ1) is 20.3. The van der Waals surface area contributed by atoms with E-state index in [1.807, 2.05) is 18.2 Å². The Bertz CT molecular complexity index is 1070. The van der Waals surface area contributed by atoms with Crippen molar-refractivity contribution in [3.8, 4) is 0 Å². The van der Waals surface area contributed by atoms with Crippen molar-refractivity contribution >= 4 is 22.7 Å². The molecule has 1 heterocycles. The molecule has 0 saturated carbocycles. The molecule has 0 aliphatic carbocycles. The van der Waals surface area contributed by atoms with Crippen LogP contribution in [0.3, 0.4) is 0 Å². The van der Waals surface area contributed by atoms with E-state index in [0.717, 1.165) is 5.56 Å². The molecule has 150 valence electrons. The number of nitrogens with zero attached hydrogens (tertiary/aromatic N) is 2. The van der Waals surface area contributed by atoms with Crippen LogP contribution in [-0.4, -0.2) is 40.8 Å². The summed E-state index contributed by atoms with van der Waals surface area (Å²) < 4.78 is 0. The summed E-state index contributed by atoms with van der Waals surface area (Å²) in [5, 5.41) is 3.43. The van der Waals surface area contributed by atoms with Crippen LogP contribution in [0, 0.1) is 0 Å². The molecule has 2 amide bonds. The van der Waals surface area contributed by atoms with Gasteiger partial charge >= 0.3 is 0 Å². The second-order valence-corrected chi connectivity index (χ2v) is 7.06. The van der Waals surface area contributed by atoms with E-state index in [-0.39, 0.29) is 17.4 Å². The first-order valence-electron chi connectivity index (χ1n) is 9.49. The molecule has 0 radical (unpaired) electrons. The van der Waals surface area contributed by atoms with Gasteiger partial charge in [0.15, 0.2) is 0 Å². The van der Waals surface area contributed by atoms with E-state index in [4.69, 9.17) is 0 Å². The third-order valence-corrected chi connectivity index (χ3v) is 4.58. The molecule has 0 bridgehead atoms. The number of carbonyl (C=O) groups excluding carboxylic acids is 2. The highest BCUT2D eigenvalue weighted by atomic mass is 16.2. The van der Waals surface area contributed by atoms with E-state index in [9.17, 15) is 14.4 Å². The Kier molecular flexibility index (Phi) is 6.39. The minimum atomic E-state index is -0.161. The summed E-state index contributed by atoms with van der Waals surface area (Å²) >= 11 is 0. The number of aromatic nitrogens is 2. The van der Waals surface area contributed by atoms with E-state index < -0.39 is 0 Å². The lowest BCUT2D eigenvalue weighted by molar-refractivity contribution is -0.121. The summed E-state index contributed by atoms with van der Waals surface area (Å²) in [5.74, 6) is 0.463. The van der Waals surface area contributed by atoms with Gasteiger partial charge in [0.1, 0.15) is 5.82 Å². The molecule has 7 nitrogen and oxygen atoms in total. The molecule has 0 unspecified atom stereocenters. The highest BCUT2D eigenvalue weighted by molar-refractivity contribution is 5.93. The highest BCUT2D eigenvalue weighted by Gasteiger charge is 2.08. The Balaban J connectivity index is 1.47. The van der Waals surface area contributed by atoms with Crippen LogP contribution >= 0.6 is 0 Å². The Morgan fingerprint density at radius 3 is 2.52 bits per heavy atom. The molecular weight excluding hydrogens is 368 g/mol. The summed E-state index contributed by atoms with van der Waals surface area (Å²) in [5.41, 5.74) is 2.04. The summed E-state index contributed by atoms with van der Waals surface area (Å²) in [6, 6.07) is 14.4. The van der Waals surface area contributed by atoms with Gasteiger partial charge in [0.2, 0.25) is 5.91 Å². The molecule has 2 aromatic carbocycles. The molecular formula is C22H24N4O3. The number of benzene rings is 2. The molecule has 3 rings (SSSR count). The van der Waals surface area contributed by atoms with Crippen LogP contribution in [0.15, 0.2) is 53.3 Å². The van der Waals surface area contributed by atoms with Gasteiger partial charge in [-0.25, -0.2) is 4.98 Å². The summed E-state index contributed by atoms with van der Waals surface area (Å²) in [4.78, 5) is 44.8. The topological polar surface area (TPSA) is 95.2 Å². The highest BCUT2D eigenvalue weighted by Crippen LogP contribution is 2.08. The van der Waals surface area contributed by atoms with Crippen LogP contribution < -0.4 is 10.9 Å². The number of hydrogen-bond acceptors (Lipinski definition) is 4. The van der Waals surface area contributed by atoms with Crippen molar-refractivity contribution in [1.29, 1.82) is 0 Å². The molecule has 0 spiro atoms. The predicted molar refractivity (Wildman–Crippen MR) is 112 cm³/mol. The largest absolute Gasteiger partial charge is 0.352 e. The monoisotopic (exact) mass is 392 g/mol. The van der Waals surface area contributed by atoms with Gasteiger partial charge in [-0.2, -0.15) is 0 Å². The Hall–Kier alpha value is -3.48. The van der Waals surface area contributed by atoms with Crippen LogP contribution in [0.4, 0.5) is 0 Å². The van der Waals surface area contributed by atoms with Crippen molar-refractivity contribution in [2.75, 3.05) is 14.1 Å². The van der Waals surface area contributed by atoms with Gasteiger partial charge in [0.25, 0.3) is 11.5 Å². The van der Waals surface area contributed by atoms with Crippen molar-refractivity contribution in [3.05, 3.63) is 75.8 Å². The average molecular weight is 392 g/mol. The zero-order valence-electron chi connectivity index (χ0n) is 16.6. The number of fused-ring (bicyclic) bond motifs is 1. The van der Waals surface area contributed by atoms with E-state index >= 15 is 0 Å². The molecule has 7 heteroatoms. The van der Waals surface area contributed by atoms with Gasteiger partial charge in [-0.3, -0.25) is 14.4 Å². The molecule has 3 aromatic rings. The number of hydrogen-bond donors (Lipinski definition) is 2. The van der Waals surface area contributed by atoms with Crippen molar-refractivity contribution < 1.29 is 9.59 Å². The normalized spacial score (nSPS) is 10.7. The van der Waals surface area contributed by atoms with Crippen LogP contribution in [0.1, 0.15) is 34.6 Å². The van der Waals surface area contributed by atoms with Crippen molar-refractivity contribution in [2.24, 2.45) is 0 Å². The lowest BCUT2D eigenvalue weighted by Crippen LogP contribution is -2.23. The SMILES string of the molecule is CN(C)C(=O)c1ccc(CNC(=O)CCCc2nc3ccccc3c(=O)[nH]2)cc1. The average Bonchev–Trinajstić information content (AvgIpc) is 2.72. The zero-order chi connectivity index (χ0) is 20.8. The fourth-order valence-corrected chi connectivity index (χ4v) is 2.98. The van der Waals surface area contributed by atoms with Crippen LogP contribution in [-0.2, 0) is 17.8 Å². The maximum atomic E-state index is 12.1. The van der Waals surface area contributed by atoms with Crippen molar-refractivity contribution in [3.63, 3.8) is 0 Å². The van der Waals surface area contributed by atoms with E-state index in [0.29, 0.717) is 48.1 Å². The first-order chi connectivity index (χ1) is 13.9. The third kappa shape index (κ3) is 5.28. The van der Waals surface area contributed by atoms with Crippen molar-refractivity contribution in [2.45, 2.75) is 25.8 Å². The quantitative estimate of drug-likeness (QED) is 0.645. The maximum absolute atomic E-state index is 12.1. The van der Waals surface area contributed by atoms with Crippen molar-refractivity contribution in [1.82, 2.24) is 20.2 Å². The standard InChI is InChI=1S/C22H24N4O3/c1-26(2)22(29)16-12-10-15(11-13-16)14-23-20(27)9-5-8-19-24-18-7-4-3-6-17(18)21(28)25-19/h3-4,6-7,10-13H,5,8-9,14H2,1-2H3,(H,23,27)(H,24,25,28). The lowest BCUT2D eigenvalue weighted by Gasteiger charge is -2.11. The number of carbonyl (C=O) groups is 2. The smallest absolute Gasteiger partial charge is 0.258 e. The number of para-hydroxylation sites is 1. The molecule has 0 saturated heterocycles. The van der Waals surface area contributed by atoms with Gasteiger partial charge < -0.3 is 15.2 Å². The number of H-pyrrole nitrogens is 1. The fourth-order valence-electron chi connectivity index (χ4n) is 2.98. The van der Waals surface area contributed by atoms with Gasteiger partial charge in [0.05, 0.1) is 10.9 Å². The minimum Gasteiger partial charge on any atom is -0.352 e. The van der Waals surface area contributed by atoms with Crippen LogP contribution in [0.25, 0.3) is 10.9 Å². The molecule has 0 fully saturated rings. The molecule has 2 N–H and O–H groups in total. The molecule has 0 atom stereocenters. The number of aromatic amines is 1. The Labute approximate surface area is 168 Å². The zero-order valence-corrected chi connectivity index (χ0v) is 16.6. The second kappa shape index (κ2) is 9.14. The number of aryl methyl sites for hydroxylation is 1. The maximum Gasteiger partial charge on any atom is 0.258 e. The molecule has 0 aliphatic rings.